The van der Waals surface area contributed by atoms with Crippen molar-refractivity contribution in [1.29, 1.82) is 0 Å². The molecule has 2 rings (SSSR count). The van der Waals surface area contributed by atoms with Crippen LogP contribution < -0.4 is 0 Å². The van der Waals surface area contributed by atoms with Crippen molar-refractivity contribution in [2.45, 2.75) is 19.4 Å². The van der Waals surface area contributed by atoms with E-state index < -0.39 is 0 Å². The van der Waals surface area contributed by atoms with Crippen molar-refractivity contribution in [2.24, 2.45) is 0 Å². The normalized spacial score (nSPS) is 27.1. The minimum Gasteiger partial charge on any atom is -0.378 e. The van der Waals surface area contributed by atoms with Gasteiger partial charge in [0.2, 0.25) is 5.91 Å². The maximum absolute atomic E-state index is 11.9. The minimum atomic E-state index is 0.257. The standard InChI is InChI=1S/C12H22N2O3/c1-11-10-13(4-9-17-11)3-2-12(15)14-5-7-16-8-6-14/h11H,2-10H2,1H3. The Labute approximate surface area is 103 Å². The Hall–Kier alpha value is -0.650. The van der Waals surface area contributed by atoms with Crippen LogP contribution in [0.1, 0.15) is 13.3 Å². The van der Waals surface area contributed by atoms with Crippen LogP contribution in [0.2, 0.25) is 0 Å². The first kappa shape index (κ1) is 12.8. The average Bonchev–Trinajstić information content (AvgIpc) is 2.37. The predicted molar refractivity (Wildman–Crippen MR) is 63.9 cm³/mol. The second-order valence-electron chi connectivity index (χ2n) is 4.73. The highest BCUT2D eigenvalue weighted by Crippen LogP contribution is 2.06. The molecule has 2 fully saturated rings. The van der Waals surface area contributed by atoms with Crippen LogP contribution in [-0.4, -0.2) is 74.4 Å². The van der Waals surface area contributed by atoms with Crippen molar-refractivity contribution < 1.29 is 14.3 Å². The van der Waals surface area contributed by atoms with E-state index in [1.165, 1.54) is 0 Å². The summed E-state index contributed by atoms with van der Waals surface area (Å²) in [5.41, 5.74) is 0. The largest absolute Gasteiger partial charge is 0.378 e. The summed E-state index contributed by atoms with van der Waals surface area (Å²) in [5.74, 6) is 0.257. The average molecular weight is 242 g/mol. The van der Waals surface area contributed by atoms with Gasteiger partial charge in [-0.05, 0) is 6.92 Å². The third kappa shape index (κ3) is 3.94. The first-order valence-electron chi connectivity index (χ1n) is 6.45. The van der Waals surface area contributed by atoms with Gasteiger partial charge in [-0.3, -0.25) is 9.69 Å². The predicted octanol–water partition coefficient (Wildman–Crippen LogP) is -0.0440. The van der Waals surface area contributed by atoms with Crippen molar-refractivity contribution in [3.05, 3.63) is 0 Å². The lowest BCUT2D eigenvalue weighted by molar-refractivity contribution is -0.136. The molecule has 5 nitrogen and oxygen atoms in total. The molecule has 1 atom stereocenters. The summed E-state index contributed by atoms with van der Waals surface area (Å²) in [7, 11) is 0. The molecule has 17 heavy (non-hydrogen) atoms. The van der Waals surface area contributed by atoms with Gasteiger partial charge < -0.3 is 14.4 Å². The molecule has 0 spiro atoms. The molecule has 0 aromatic rings. The molecule has 0 radical (unpaired) electrons. The molecule has 2 heterocycles. The van der Waals surface area contributed by atoms with E-state index in [0.29, 0.717) is 25.7 Å². The molecular weight excluding hydrogens is 220 g/mol. The number of morpholine rings is 2. The van der Waals surface area contributed by atoms with E-state index >= 15 is 0 Å². The monoisotopic (exact) mass is 242 g/mol. The quantitative estimate of drug-likeness (QED) is 0.696. The van der Waals surface area contributed by atoms with Crippen LogP contribution in [0.4, 0.5) is 0 Å². The summed E-state index contributed by atoms with van der Waals surface area (Å²) in [6.45, 7) is 8.46. The molecule has 0 aliphatic carbocycles. The van der Waals surface area contributed by atoms with E-state index in [4.69, 9.17) is 9.47 Å². The van der Waals surface area contributed by atoms with Crippen molar-refractivity contribution in [3.63, 3.8) is 0 Å². The third-order valence-electron chi connectivity index (χ3n) is 3.33. The van der Waals surface area contributed by atoms with Crippen molar-refractivity contribution in [2.75, 3.05) is 52.5 Å². The topological polar surface area (TPSA) is 42.0 Å². The summed E-state index contributed by atoms with van der Waals surface area (Å²) in [6.07, 6.45) is 0.912. The maximum atomic E-state index is 11.9. The number of nitrogens with zero attached hydrogens (tertiary/aromatic N) is 2. The molecule has 98 valence electrons. The Morgan fingerprint density at radius 1 is 1.24 bits per heavy atom. The molecule has 2 saturated heterocycles. The van der Waals surface area contributed by atoms with Gasteiger partial charge in [-0.2, -0.15) is 0 Å². The van der Waals surface area contributed by atoms with Crippen LogP contribution in [-0.2, 0) is 14.3 Å². The molecule has 0 N–H and O–H groups in total. The van der Waals surface area contributed by atoms with Crippen LogP contribution in [0, 0.1) is 0 Å². The minimum absolute atomic E-state index is 0.257. The van der Waals surface area contributed by atoms with Gasteiger partial charge in [0.05, 0.1) is 25.9 Å². The van der Waals surface area contributed by atoms with Gasteiger partial charge in [0, 0.05) is 39.1 Å². The molecule has 1 unspecified atom stereocenters. The highest BCUT2D eigenvalue weighted by Gasteiger charge is 2.20. The van der Waals surface area contributed by atoms with E-state index in [9.17, 15) is 4.79 Å². The lowest BCUT2D eigenvalue weighted by atomic mass is 10.2. The fourth-order valence-electron chi connectivity index (χ4n) is 2.32. The third-order valence-corrected chi connectivity index (χ3v) is 3.33. The van der Waals surface area contributed by atoms with E-state index in [-0.39, 0.29) is 5.91 Å². The Morgan fingerprint density at radius 3 is 2.71 bits per heavy atom. The molecule has 2 aliphatic heterocycles. The van der Waals surface area contributed by atoms with Gasteiger partial charge in [0.1, 0.15) is 0 Å². The molecule has 0 aromatic carbocycles. The second-order valence-corrected chi connectivity index (χ2v) is 4.73. The van der Waals surface area contributed by atoms with Gasteiger partial charge in [-0.15, -0.1) is 0 Å². The van der Waals surface area contributed by atoms with Gasteiger partial charge in [0.25, 0.3) is 0 Å². The first-order chi connectivity index (χ1) is 8.25. The second kappa shape index (κ2) is 6.33. The number of amides is 1. The van der Waals surface area contributed by atoms with Crippen LogP contribution >= 0.6 is 0 Å². The zero-order valence-electron chi connectivity index (χ0n) is 10.6. The Balaban J connectivity index is 1.68. The van der Waals surface area contributed by atoms with Gasteiger partial charge in [0.15, 0.2) is 0 Å². The first-order valence-corrected chi connectivity index (χ1v) is 6.45. The van der Waals surface area contributed by atoms with Crippen molar-refractivity contribution in [3.8, 4) is 0 Å². The highest BCUT2D eigenvalue weighted by molar-refractivity contribution is 5.76. The maximum Gasteiger partial charge on any atom is 0.224 e. The summed E-state index contributed by atoms with van der Waals surface area (Å²) in [5, 5.41) is 0. The summed E-state index contributed by atoms with van der Waals surface area (Å²) < 4.78 is 10.7. The van der Waals surface area contributed by atoms with E-state index in [1.807, 2.05) is 4.90 Å². The Kier molecular flexibility index (Phi) is 4.76. The van der Waals surface area contributed by atoms with Gasteiger partial charge in [-0.1, -0.05) is 0 Å². The SMILES string of the molecule is CC1CN(CCC(=O)N2CCOCC2)CCO1. The van der Waals surface area contributed by atoms with Crippen LogP contribution in [0.3, 0.4) is 0 Å². The number of hydrogen-bond acceptors (Lipinski definition) is 4. The van der Waals surface area contributed by atoms with Gasteiger partial charge >= 0.3 is 0 Å². The van der Waals surface area contributed by atoms with Crippen molar-refractivity contribution >= 4 is 5.91 Å². The zero-order valence-corrected chi connectivity index (χ0v) is 10.6. The molecule has 2 aliphatic rings. The van der Waals surface area contributed by atoms with E-state index in [1.54, 1.807) is 0 Å². The van der Waals surface area contributed by atoms with Crippen LogP contribution in [0.15, 0.2) is 0 Å². The van der Waals surface area contributed by atoms with Crippen LogP contribution in [0.5, 0.6) is 0 Å². The lowest BCUT2D eigenvalue weighted by Gasteiger charge is -2.32. The lowest BCUT2D eigenvalue weighted by Crippen LogP contribution is -2.45. The van der Waals surface area contributed by atoms with Gasteiger partial charge in [-0.25, -0.2) is 0 Å². The highest BCUT2D eigenvalue weighted by atomic mass is 16.5. The van der Waals surface area contributed by atoms with E-state index in [0.717, 1.165) is 39.3 Å². The number of hydrogen-bond donors (Lipinski definition) is 0. The molecule has 0 saturated carbocycles. The fraction of sp³-hybridized carbons (Fsp3) is 0.917. The molecule has 5 heteroatoms. The number of carbonyl (C=O) groups excluding carboxylic acids is 1. The molecular formula is C12H22N2O3. The number of carbonyl (C=O) groups is 1. The smallest absolute Gasteiger partial charge is 0.224 e. The number of rotatable bonds is 3. The summed E-state index contributed by atoms with van der Waals surface area (Å²) in [6, 6.07) is 0. The molecule has 1 amide bonds. The molecule has 0 bridgehead atoms. The Morgan fingerprint density at radius 2 is 2.00 bits per heavy atom. The molecule has 0 aromatic heterocycles. The van der Waals surface area contributed by atoms with Crippen molar-refractivity contribution in [1.82, 2.24) is 9.80 Å². The fourth-order valence-corrected chi connectivity index (χ4v) is 2.32. The number of ether oxygens (including phenoxy) is 2. The summed E-state index contributed by atoms with van der Waals surface area (Å²) in [4.78, 5) is 16.2. The van der Waals surface area contributed by atoms with E-state index in [2.05, 4.69) is 11.8 Å². The zero-order chi connectivity index (χ0) is 12.1. The Bertz CT molecular complexity index is 254. The summed E-state index contributed by atoms with van der Waals surface area (Å²) >= 11 is 0. The van der Waals surface area contributed by atoms with Crippen LogP contribution in [0.25, 0.3) is 0 Å².